The highest BCUT2D eigenvalue weighted by Crippen LogP contribution is 2.34. The molecule has 0 saturated carbocycles. The Morgan fingerprint density at radius 1 is 1.11 bits per heavy atom. The number of nitrogens with zero attached hydrogens (tertiary/aromatic N) is 3. The molecule has 0 atom stereocenters. The van der Waals surface area contributed by atoms with Crippen LogP contribution in [-0.2, 0) is 16.5 Å². The minimum absolute atomic E-state index is 0.0402. The maximum Gasteiger partial charge on any atom is 0.272 e. The van der Waals surface area contributed by atoms with E-state index < -0.39 is 5.79 Å². The van der Waals surface area contributed by atoms with Gasteiger partial charge in [0.05, 0.1) is 33.1 Å². The average molecular weight is 387 g/mol. The molecule has 4 rings (SSSR count). The second kappa shape index (κ2) is 7.44. The fraction of sp³-hybridized carbons (Fsp3) is 0.500. The SMILES string of the molecule is COc1ccc(-c2cc(C(=O)N3CCC4(CC3)OCCO4)n(C)n2)c(OC)c1. The topological polar surface area (TPSA) is 75.0 Å². The van der Waals surface area contributed by atoms with Crippen molar-refractivity contribution in [1.29, 1.82) is 0 Å². The van der Waals surface area contributed by atoms with Gasteiger partial charge in [0, 0.05) is 44.6 Å². The minimum atomic E-state index is -0.495. The van der Waals surface area contributed by atoms with Crippen molar-refractivity contribution < 1.29 is 23.7 Å². The highest BCUT2D eigenvalue weighted by molar-refractivity contribution is 5.94. The highest BCUT2D eigenvalue weighted by Gasteiger charge is 2.41. The van der Waals surface area contributed by atoms with Crippen LogP contribution in [0.4, 0.5) is 0 Å². The number of carbonyl (C=O) groups excluding carboxylic acids is 1. The Hall–Kier alpha value is -2.58. The van der Waals surface area contributed by atoms with E-state index in [2.05, 4.69) is 5.10 Å². The van der Waals surface area contributed by atoms with Crippen molar-refractivity contribution >= 4 is 5.91 Å². The molecular weight excluding hydrogens is 362 g/mol. The Labute approximate surface area is 163 Å². The number of likely N-dealkylation sites (tertiary alicyclic amines) is 1. The van der Waals surface area contributed by atoms with Crippen LogP contribution in [0.2, 0.25) is 0 Å². The summed E-state index contributed by atoms with van der Waals surface area (Å²) in [6.07, 6.45) is 1.38. The molecule has 8 nitrogen and oxygen atoms in total. The maximum absolute atomic E-state index is 13.1. The molecular formula is C20H25N3O5. The van der Waals surface area contributed by atoms with E-state index in [0.717, 1.165) is 5.56 Å². The smallest absolute Gasteiger partial charge is 0.272 e. The first kappa shape index (κ1) is 18.8. The number of benzene rings is 1. The van der Waals surface area contributed by atoms with Crippen molar-refractivity contribution in [3.8, 4) is 22.8 Å². The molecule has 0 unspecified atom stereocenters. The number of hydrogen-bond acceptors (Lipinski definition) is 6. The summed E-state index contributed by atoms with van der Waals surface area (Å²) in [5, 5.41) is 4.53. The third-order valence-corrected chi connectivity index (χ3v) is 5.41. The van der Waals surface area contributed by atoms with Crippen molar-refractivity contribution in [2.24, 2.45) is 7.05 Å². The monoisotopic (exact) mass is 387 g/mol. The zero-order valence-corrected chi connectivity index (χ0v) is 16.4. The van der Waals surface area contributed by atoms with E-state index >= 15 is 0 Å². The number of piperidine rings is 1. The van der Waals surface area contributed by atoms with Gasteiger partial charge >= 0.3 is 0 Å². The maximum atomic E-state index is 13.1. The minimum Gasteiger partial charge on any atom is -0.497 e. The van der Waals surface area contributed by atoms with Gasteiger partial charge in [0.15, 0.2) is 5.79 Å². The lowest BCUT2D eigenvalue weighted by Crippen LogP contribution is -2.47. The van der Waals surface area contributed by atoms with Crippen molar-refractivity contribution in [3.05, 3.63) is 30.0 Å². The summed E-state index contributed by atoms with van der Waals surface area (Å²) < 4.78 is 23.8. The molecule has 0 radical (unpaired) electrons. The van der Waals surface area contributed by atoms with E-state index in [9.17, 15) is 4.79 Å². The number of rotatable bonds is 4. The number of ether oxygens (including phenoxy) is 4. The molecule has 8 heteroatoms. The van der Waals surface area contributed by atoms with E-state index in [1.54, 1.807) is 38.1 Å². The third kappa shape index (κ3) is 3.33. The summed E-state index contributed by atoms with van der Waals surface area (Å²) >= 11 is 0. The quantitative estimate of drug-likeness (QED) is 0.800. The number of hydrogen-bond donors (Lipinski definition) is 0. The Balaban J connectivity index is 1.54. The summed E-state index contributed by atoms with van der Waals surface area (Å²) in [6, 6.07) is 7.34. The molecule has 1 amide bonds. The predicted octanol–water partition coefficient (Wildman–Crippen LogP) is 2.08. The molecule has 0 N–H and O–H groups in total. The van der Waals surface area contributed by atoms with Crippen LogP contribution in [0.25, 0.3) is 11.3 Å². The zero-order chi connectivity index (χ0) is 19.7. The number of methoxy groups -OCH3 is 2. The van der Waals surface area contributed by atoms with Crippen molar-refractivity contribution in [2.75, 3.05) is 40.5 Å². The summed E-state index contributed by atoms with van der Waals surface area (Å²) in [4.78, 5) is 14.9. The molecule has 2 aliphatic heterocycles. The summed E-state index contributed by atoms with van der Waals surface area (Å²) in [7, 11) is 4.99. The normalized spacial score (nSPS) is 18.5. The Kier molecular flexibility index (Phi) is 4.99. The van der Waals surface area contributed by atoms with Crippen molar-refractivity contribution in [1.82, 2.24) is 14.7 Å². The molecule has 1 aromatic carbocycles. The molecule has 150 valence electrons. The van der Waals surface area contributed by atoms with Crippen molar-refractivity contribution in [2.45, 2.75) is 18.6 Å². The number of amides is 1. The van der Waals surface area contributed by atoms with Gasteiger partial charge in [-0.3, -0.25) is 9.48 Å². The van der Waals surface area contributed by atoms with Gasteiger partial charge in [-0.25, -0.2) is 0 Å². The second-order valence-corrected chi connectivity index (χ2v) is 7.00. The Bertz CT molecular complexity index is 863. The van der Waals surface area contributed by atoms with Gasteiger partial charge in [-0.2, -0.15) is 5.10 Å². The van der Waals surface area contributed by atoms with Crippen LogP contribution in [-0.4, -0.2) is 66.9 Å². The number of carbonyl (C=O) groups is 1. The van der Waals surface area contributed by atoms with Crippen molar-refractivity contribution in [3.63, 3.8) is 0 Å². The Morgan fingerprint density at radius 3 is 2.46 bits per heavy atom. The lowest BCUT2D eigenvalue weighted by molar-refractivity contribution is -0.181. The molecule has 2 aromatic rings. The van der Waals surface area contributed by atoms with Gasteiger partial charge in [-0.1, -0.05) is 0 Å². The van der Waals surface area contributed by atoms with Gasteiger partial charge in [0.2, 0.25) is 0 Å². The van der Waals surface area contributed by atoms with E-state index in [1.165, 1.54) is 0 Å². The van der Waals surface area contributed by atoms with E-state index in [4.69, 9.17) is 18.9 Å². The van der Waals surface area contributed by atoms with Crippen LogP contribution in [0.5, 0.6) is 11.5 Å². The van der Waals surface area contributed by atoms with Gasteiger partial charge < -0.3 is 23.8 Å². The van der Waals surface area contributed by atoms with Crippen LogP contribution in [0.3, 0.4) is 0 Å². The second-order valence-electron chi connectivity index (χ2n) is 7.00. The van der Waals surface area contributed by atoms with E-state index in [-0.39, 0.29) is 5.91 Å². The van der Waals surface area contributed by atoms with Crippen LogP contribution in [0.15, 0.2) is 24.3 Å². The summed E-state index contributed by atoms with van der Waals surface area (Å²) in [5.74, 6) is 0.810. The van der Waals surface area contributed by atoms with Gasteiger partial charge in [0.1, 0.15) is 17.2 Å². The van der Waals surface area contributed by atoms with Crippen LogP contribution in [0.1, 0.15) is 23.3 Å². The first-order chi connectivity index (χ1) is 13.5. The molecule has 1 aromatic heterocycles. The molecule has 0 aliphatic carbocycles. The van der Waals surface area contributed by atoms with E-state index in [1.807, 2.05) is 17.0 Å². The molecule has 2 aliphatic rings. The first-order valence-corrected chi connectivity index (χ1v) is 9.39. The highest BCUT2D eigenvalue weighted by atomic mass is 16.7. The third-order valence-electron chi connectivity index (χ3n) is 5.41. The standard InChI is InChI=1S/C20H25N3O5/c1-22-17(19(24)23-8-6-20(7-9-23)27-10-11-28-20)13-16(21-22)15-5-4-14(25-2)12-18(15)26-3/h4-5,12-13H,6-11H2,1-3H3. The molecule has 3 heterocycles. The number of aromatic nitrogens is 2. The summed E-state index contributed by atoms with van der Waals surface area (Å²) in [5.41, 5.74) is 2.03. The largest absolute Gasteiger partial charge is 0.497 e. The van der Waals surface area contributed by atoms with E-state index in [0.29, 0.717) is 62.0 Å². The molecule has 2 saturated heterocycles. The van der Waals surface area contributed by atoms with Gasteiger partial charge in [-0.15, -0.1) is 0 Å². The lowest BCUT2D eigenvalue weighted by atomic mass is 10.0. The zero-order valence-electron chi connectivity index (χ0n) is 16.4. The van der Waals surface area contributed by atoms with Crippen LogP contribution < -0.4 is 9.47 Å². The summed E-state index contributed by atoms with van der Waals surface area (Å²) in [6.45, 7) is 2.46. The van der Waals surface area contributed by atoms with Gasteiger partial charge in [-0.05, 0) is 18.2 Å². The molecule has 1 spiro atoms. The van der Waals surface area contributed by atoms with Crippen LogP contribution >= 0.6 is 0 Å². The van der Waals surface area contributed by atoms with Gasteiger partial charge in [0.25, 0.3) is 5.91 Å². The lowest BCUT2D eigenvalue weighted by Gasteiger charge is -2.37. The van der Waals surface area contributed by atoms with Crippen LogP contribution in [0, 0.1) is 0 Å². The molecule has 2 fully saturated rings. The molecule has 28 heavy (non-hydrogen) atoms. The average Bonchev–Trinajstić information content (AvgIpc) is 3.34. The predicted molar refractivity (Wildman–Crippen MR) is 102 cm³/mol. The Morgan fingerprint density at radius 2 is 1.82 bits per heavy atom. The molecule has 0 bridgehead atoms. The number of aryl methyl sites for hydroxylation is 1. The first-order valence-electron chi connectivity index (χ1n) is 9.39. The fourth-order valence-electron chi connectivity index (χ4n) is 3.81. The fourth-order valence-corrected chi connectivity index (χ4v) is 3.81.